The molecular formula is C15H11ClN4S. The zero-order valence-electron chi connectivity index (χ0n) is 10.9. The van der Waals surface area contributed by atoms with Crippen LogP contribution in [0.15, 0.2) is 64.9 Å². The molecule has 0 aliphatic carbocycles. The molecule has 3 rings (SSSR count). The number of thiol groups is 1. The van der Waals surface area contributed by atoms with Crippen molar-refractivity contribution in [1.82, 2.24) is 14.9 Å². The first-order valence-corrected chi connectivity index (χ1v) is 7.06. The Hall–Kier alpha value is -2.11. The van der Waals surface area contributed by atoms with Gasteiger partial charge in [0.1, 0.15) is 0 Å². The molecule has 104 valence electrons. The third-order valence-corrected chi connectivity index (χ3v) is 3.34. The number of benzene rings is 2. The quantitative estimate of drug-likeness (QED) is 0.590. The molecular weight excluding hydrogens is 304 g/mol. The van der Waals surface area contributed by atoms with E-state index in [9.17, 15) is 0 Å². The second-order valence-corrected chi connectivity index (χ2v) is 5.14. The molecule has 3 aromatic rings. The zero-order chi connectivity index (χ0) is 14.7. The summed E-state index contributed by atoms with van der Waals surface area (Å²) in [7, 11) is 0. The average molecular weight is 315 g/mol. The zero-order valence-corrected chi connectivity index (χ0v) is 12.5. The van der Waals surface area contributed by atoms with E-state index in [0.29, 0.717) is 16.0 Å². The largest absolute Gasteiger partial charge is 0.209 e. The number of hydrogen-bond acceptors (Lipinski definition) is 4. The molecule has 2 aromatic carbocycles. The van der Waals surface area contributed by atoms with Gasteiger partial charge in [-0.3, -0.25) is 0 Å². The first-order valence-electron chi connectivity index (χ1n) is 6.24. The highest BCUT2D eigenvalue weighted by molar-refractivity contribution is 7.80. The Balaban J connectivity index is 2.00. The van der Waals surface area contributed by atoms with E-state index in [1.54, 1.807) is 17.0 Å². The fourth-order valence-corrected chi connectivity index (χ4v) is 2.23. The van der Waals surface area contributed by atoms with Gasteiger partial charge in [0, 0.05) is 10.6 Å². The average Bonchev–Trinajstić information content (AvgIpc) is 2.87. The lowest BCUT2D eigenvalue weighted by Gasteiger charge is -2.02. The Bertz CT molecular complexity index is 783. The van der Waals surface area contributed by atoms with Crippen LogP contribution >= 0.6 is 24.2 Å². The predicted octanol–water partition coefficient (Wildman–Crippen LogP) is 3.77. The van der Waals surface area contributed by atoms with E-state index in [2.05, 4.69) is 27.9 Å². The summed E-state index contributed by atoms with van der Waals surface area (Å²) in [5, 5.41) is 13.5. The Morgan fingerprint density at radius 1 is 1.05 bits per heavy atom. The molecule has 1 aromatic heterocycles. The molecule has 0 unspecified atom stereocenters. The van der Waals surface area contributed by atoms with Crippen molar-refractivity contribution in [2.75, 3.05) is 0 Å². The van der Waals surface area contributed by atoms with E-state index in [4.69, 9.17) is 11.6 Å². The second kappa shape index (κ2) is 6.11. The molecule has 0 aliphatic heterocycles. The molecule has 0 atom stereocenters. The monoisotopic (exact) mass is 314 g/mol. The molecule has 0 bridgehead atoms. The summed E-state index contributed by atoms with van der Waals surface area (Å²) in [4.78, 5) is 0. The van der Waals surface area contributed by atoms with E-state index in [-0.39, 0.29) is 0 Å². The van der Waals surface area contributed by atoms with Crippen LogP contribution in [0.25, 0.3) is 11.4 Å². The molecule has 0 saturated carbocycles. The first kappa shape index (κ1) is 13.9. The lowest BCUT2D eigenvalue weighted by atomic mass is 10.2. The Kier molecular flexibility index (Phi) is 4.03. The predicted molar refractivity (Wildman–Crippen MR) is 87.2 cm³/mol. The molecule has 0 spiro atoms. The van der Waals surface area contributed by atoms with E-state index in [1.165, 1.54) is 0 Å². The number of halogens is 1. The van der Waals surface area contributed by atoms with Crippen LogP contribution in [0.3, 0.4) is 0 Å². The van der Waals surface area contributed by atoms with E-state index in [0.717, 1.165) is 11.1 Å². The van der Waals surface area contributed by atoms with Crippen molar-refractivity contribution < 1.29 is 0 Å². The van der Waals surface area contributed by atoms with Crippen molar-refractivity contribution in [2.45, 2.75) is 5.16 Å². The van der Waals surface area contributed by atoms with Crippen molar-refractivity contribution in [3.8, 4) is 11.4 Å². The Labute approximate surface area is 132 Å². The van der Waals surface area contributed by atoms with Crippen molar-refractivity contribution in [1.29, 1.82) is 0 Å². The summed E-state index contributed by atoms with van der Waals surface area (Å²) in [5.41, 5.74) is 1.82. The normalized spacial score (nSPS) is 11.1. The summed E-state index contributed by atoms with van der Waals surface area (Å²) < 4.78 is 1.57. The second-order valence-electron chi connectivity index (χ2n) is 4.30. The minimum atomic E-state index is 0.414. The molecule has 4 nitrogen and oxygen atoms in total. The van der Waals surface area contributed by atoms with Gasteiger partial charge in [-0.25, -0.2) is 0 Å². The molecule has 1 heterocycles. The van der Waals surface area contributed by atoms with Crippen LogP contribution in [-0.4, -0.2) is 21.1 Å². The van der Waals surface area contributed by atoms with Gasteiger partial charge >= 0.3 is 0 Å². The SMILES string of the molecule is Sc1nnc(-c2cccc(Cl)c2)n1/N=C/c1ccccc1. The molecule has 0 fully saturated rings. The fraction of sp³-hybridized carbons (Fsp3) is 0. The van der Waals surface area contributed by atoms with Crippen molar-refractivity contribution >= 4 is 30.4 Å². The minimum absolute atomic E-state index is 0.414. The molecule has 0 amide bonds. The van der Waals surface area contributed by atoms with Crippen LogP contribution in [0.5, 0.6) is 0 Å². The van der Waals surface area contributed by atoms with Crippen LogP contribution in [0.1, 0.15) is 5.56 Å². The first-order chi connectivity index (χ1) is 10.2. The van der Waals surface area contributed by atoms with E-state index >= 15 is 0 Å². The molecule has 0 N–H and O–H groups in total. The lowest BCUT2D eigenvalue weighted by Crippen LogP contribution is -1.95. The summed E-state index contributed by atoms with van der Waals surface area (Å²) in [6.07, 6.45) is 1.73. The lowest BCUT2D eigenvalue weighted by molar-refractivity contribution is 0.776. The maximum Gasteiger partial charge on any atom is 0.209 e. The van der Waals surface area contributed by atoms with Gasteiger partial charge in [-0.15, -0.1) is 22.8 Å². The summed E-state index contributed by atoms with van der Waals surface area (Å²) >= 11 is 10.3. The smallest absolute Gasteiger partial charge is 0.187 e. The number of hydrogen-bond donors (Lipinski definition) is 1. The van der Waals surface area contributed by atoms with Crippen molar-refractivity contribution in [3.63, 3.8) is 0 Å². The summed E-state index contributed by atoms with van der Waals surface area (Å²) in [6.45, 7) is 0. The van der Waals surface area contributed by atoms with Gasteiger partial charge < -0.3 is 0 Å². The van der Waals surface area contributed by atoms with E-state index in [1.807, 2.05) is 48.5 Å². The van der Waals surface area contributed by atoms with Crippen LogP contribution in [0.4, 0.5) is 0 Å². The molecule has 6 heteroatoms. The topological polar surface area (TPSA) is 43.1 Å². The Morgan fingerprint density at radius 2 is 1.86 bits per heavy atom. The van der Waals surface area contributed by atoms with Gasteiger partial charge in [-0.2, -0.15) is 9.78 Å². The fourth-order valence-electron chi connectivity index (χ4n) is 1.85. The van der Waals surface area contributed by atoms with Gasteiger partial charge in [0.05, 0.1) is 6.21 Å². The highest BCUT2D eigenvalue weighted by Crippen LogP contribution is 2.22. The summed E-state index contributed by atoms with van der Waals surface area (Å²) in [5.74, 6) is 0.592. The van der Waals surface area contributed by atoms with Gasteiger partial charge in [-0.1, -0.05) is 54.1 Å². The number of rotatable bonds is 3. The van der Waals surface area contributed by atoms with Gasteiger partial charge in [-0.05, 0) is 17.7 Å². The van der Waals surface area contributed by atoms with E-state index < -0.39 is 0 Å². The van der Waals surface area contributed by atoms with Gasteiger partial charge in [0.2, 0.25) is 5.16 Å². The van der Waals surface area contributed by atoms with Crippen LogP contribution in [0, 0.1) is 0 Å². The highest BCUT2D eigenvalue weighted by Gasteiger charge is 2.11. The van der Waals surface area contributed by atoms with Crippen molar-refractivity contribution in [3.05, 3.63) is 65.2 Å². The number of nitrogens with zero attached hydrogens (tertiary/aromatic N) is 4. The maximum atomic E-state index is 6.01. The molecule has 0 saturated heterocycles. The standard InChI is InChI=1S/C15H11ClN4S/c16-13-8-4-7-12(9-13)14-18-19-15(21)20(14)17-10-11-5-2-1-3-6-11/h1-10H,(H,19,21)/b17-10+. The Morgan fingerprint density at radius 3 is 2.62 bits per heavy atom. The third-order valence-electron chi connectivity index (χ3n) is 2.83. The molecule has 0 aliphatic rings. The highest BCUT2D eigenvalue weighted by atomic mass is 35.5. The molecule has 21 heavy (non-hydrogen) atoms. The maximum absolute atomic E-state index is 6.01. The number of aromatic nitrogens is 3. The van der Waals surface area contributed by atoms with Crippen LogP contribution < -0.4 is 0 Å². The van der Waals surface area contributed by atoms with Gasteiger partial charge in [0.25, 0.3) is 0 Å². The van der Waals surface area contributed by atoms with Crippen LogP contribution in [0.2, 0.25) is 5.02 Å². The minimum Gasteiger partial charge on any atom is -0.187 e. The van der Waals surface area contributed by atoms with Crippen LogP contribution in [-0.2, 0) is 0 Å². The third kappa shape index (κ3) is 3.15. The van der Waals surface area contributed by atoms with Crippen molar-refractivity contribution in [2.24, 2.45) is 5.10 Å². The van der Waals surface area contributed by atoms with Gasteiger partial charge in [0.15, 0.2) is 5.82 Å². The molecule has 0 radical (unpaired) electrons. The summed E-state index contributed by atoms with van der Waals surface area (Å²) in [6, 6.07) is 17.2.